The van der Waals surface area contributed by atoms with Gasteiger partial charge in [-0.15, -0.1) is 0 Å². The summed E-state index contributed by atoms with van der Waals surface area (Å²) >= 11 is 0. The summed E-state index contributed by atoms with van der Waals surface area (Å²) in [6.45, 7) is 4.70. The third kappa shape index (κ3) is 2.10. The average Bonchev–Trinajstić information content (AvgIpc) is 2.77. The first-order chi connectivity index (χ1) is 10.8. The van der Waals surface area contributed by atoms with Gasteiger partial charge in [-0.2, -0.15) is 0 Å². The molecule has 0 amide bonds. The number of aliphatic hydroxyl groups is 2. The number of phenols is 2. The zero-order chi connectivity index (χ0) is 16.9. The Morgan fingerprint density at radius 2 is 2.00 bits per heavy atom. The molecule has 0 bridgehead atoms. The van der Waals surface area contributed by atoms with Crippen molar-refractivity contribution in [1.29, 1.82) is 0 Å². The topological polar surface area (TPSA) is 107 Å². The second kappa shape index (κ2) is 4.89. The second-order valence-corrected chi connectivity index (χ2v) is 5.72. The number of aliphatic hydroxyl groups excluding tert-OH is 1. The number of ketones is 1. The number of allylic oxidation sites excluding steroid dienone is 2. The van der Waals surface area contributed by atoms with E-state index in [0.717, 1.165) is 0 Å². The van der Waals surface area contributed by atoms with E-state index < -0.39 is 17.1 Å². The molecule has 0 aromatic heterocycles. The monoisotopic (exact) mass is 316 g/mol. The van der Waals surface area contributed by atoms with Crippen LogP contribution < -0.4 is 0 Å². The minimum atomic E-state index is -1.38. The number of hydrogen-bond donors (Lipinski definition) is 4. The highest BCUT2D eigenvalue weighted by Crippen LogP contribution is 2.50. The minimum absolute atomic E-state index is 0.0485. The fraction of sp³-hybridized carbons (Fsp3) is 0.235. The van der Waals surface area contributed by atoms with Gasteiger partial charge >= 0.3 is 0 Å². The van der Waals surface area contributed by atoms with E-state index in [1.807, 2.05) is 0 Å². The molecule has 0 saturated carbocycles. The van der Waals surface area contributed by atoms with Gasteiger partial charge in [0.25, 0.3) is 0 Å². The number of hydrogen-bond acceptors (Lipinski definition) is 6. The van der Waals surface area contributed by atoms with Crippen LogP contribution in [0.4, 0.5) is 0 Å². The third-order valence-electron chi connectivity index (χ3n) is 4.14. The summed E-state index contributed by atoms with van der Waals surface area (Å²) in [5.41, 5.74) is 0.466. The van der Waals surface area contributed by atoms with Crippen LogP contribution in [-0.4, -0.2) is 38.4 Å². The molecule has 1 atom stereocenters. The van der Waals surface area contributed by atoms with Crippen molar-refractivity contribution in [2.75, 3.05) is 6.61 Å². The standard InChI is InChI=1S/C17H16O6/c1-3-10-14-11-5-13(20)12(19)4-9(11)6-17(14,22)7-23-16(10)15(21)8(2)18/h3-5,19-22H,1,6-7H2,2H3. The highest BCUT2D eigenvalue weighted by molar-refractivity contribution is 5.94. The van der Waals surface area contributed by atoms with Crippen LogP contribution in [0.15, 0.2) is 41.9 Å². The number of fused-ring (bicyclic) bond motifs is 3. The molecule has 1 aromatic rings. The molecular weight excluding hydrogens is 300 g/mol. The van der Waals surface area contributed by atoms with Gasteiger partial charge in [-0.05, 0) is 23.3 Å². The van der Waals surface area contributed by atoms with Gasteiger partial charge in [0.1, 0.15) is 12.2 Å². The molecule has 6 nitrogen and oxygen atoms in total. The fourth-order valence-electron chi connectivity index (χ4n) is 3.11. The zero-order valence-electron chi connectivity index (χ0n) is 12.5. The number of phenolic OH excluding ortho intramolecular Hbond substituents is 2. The van der Waals surface area contributed by atoms with E-state index in [1.54, 1.807) is 0 Å². The maximum atomic E-state index is 11.4. The van der Waals surface area contributed by atoms with Gasteiger partial charge in [0.15, 0.2) is 23.0 Å². The Labute approximate surface area is 132 Å². The van der Waals surface area contributed by atoms with Crippen molar-refractivity contribution in [2.45, 2.75) is 18.9 Å². The highest BCUT2D eigenvalue weighted by atomic mass is 16.5. The number of carbonyl (C=O) groups is 1. The van der Waals surface area contributed by atoms with Crippen molar-refractivity contribution in [3.05, 3.63) is 53.0 Å². The van der Waals surface area contributed by atoms with Crippen LogP contribution in [0.25, 0.3) is 5.57 Å². The van der Waals surface area contributed by atoms with Crippen LogP contribution in [0.3, 0.4) is 0 Å². The maximum Gasteiger partial charge on any atom is 0.202 e. The number of aromatic hydroxyl groups is 2. The summed E-state index contributed by atoms with van der Waals surface area (Å²) < 4.78 is 5.42. The maximum absolute atomic E-state index is 11.4. The van der Waals surface area contributed by atoms with Crippen molar-refractivity contribution in [3.63, 3.8) is 0 Å². The number of ether oxygens (including phenoxy) is 1. The van der Waals surface area contributed by atoms with Gasteiger partial charge < -0.3 is 25.2 Å². The largest absolute Gasteiger partial charge is 0.504 e. The molecule has 0 radical (unpaired) electrons. The number of Topliss-reactive ketones (excluding diaryl/α,β-unsaturated/α-hetero) is 1. The van der Waals surface area contributed by atoms with Crippen molar-refractivity contribution in [2.24, 2.45) is 0 Å². The van der Waals surface area contributed by atoms with Crippen LogP contribution in [0, 0.1) is 0 Å². The number of rotatable bonds is 2. The average molecular weight is 316 g/mol. The lowest BCUT2D eigenvalue weighted by Crippen LogP contribution is -2.38. The van der Waals surface area contributed by atoms with Crippen molar-refractivity contribution in [1.82, 2.24) is 0 Å². The van der Waals surface area contributed by atoms with Crippen LogP contribution in [0.2, 0.25) is 0 Å². The molecule has 1 heterocycles. The smallest absolute Gasteiger partial charge is 0.202 e. The van der Waals surface area contributed by atoms with Gasteiger partial charge in [0.05, 0.1) is 0 Å². The summed E-state index contributed by atoms with van der Waals surface area (Å²) in [6, 6.07) is 2.72. The van der Waals surface area contributed by atoms with Crippen molar-refractivity contribution >= 4 is 11.4 Å². The van der Waals surface area contributed by atoms with E-state index in [0.29, 0.717) is 16.7 Å². The molecule has 120 valence electrons. The van der Waals surface area contributed by atoms with E-state index >= 15 is 0 Å². The van der Waals surface area contributed by atoms with Gasteiger partial charge in [-0.1, -0.05) is 12.7 Å². The molecule has 0 fully saturated rings. The number of benzene rings is 1. The number of carbonyl (C=O) groups excluding carboxylic acids is 1. The van der Waals surface area contributed by atoms with E-state index in [-0.39, 0.29) is 35.9 Å². The second-order valence-electron chi connectivity index (χ2n) is 5.72. The predicted molar refractivity (Wildman–Crippen MR) is 81.8 cm³/mol. The summed E-state index contributed by atoms with van der Waals surface area (Å²) in [7, 11) is 0. The molecule has 1 aliphatic heterocycles. The Morgan fingerprint density at radius 3 is 2.61 bits per heavy atom. The van der Waals surface area contributed by atoms with E-state index in [9.17, 15) is 25.2 Å². The van der Waals surface area contributed by atoms with Gasteiger partial charge in [0.2, 0.25) is 5.76 Å². The van der Waals surface area contributed by atoms with Crippen LogP contribution in [0.5, 0.6) is 11.5 Å². The van der Waals surface area contributed by atoms with Crippen molar-refractivity contribution < 1.29 is 30.0 Å². The summed E-state index contributed by atoms with van der Waals surface area (Å²) in [4.78, 5) is 11.4. The lowest BCUT2D eigenvalue weighted by atomic mass is 9.87. The molecule has 4 N–H and O–H groups in total. The van der Waals surface area contributed by atoms with Crippen LogP contribution in [0.1, 0.15) is 18.1 Å². The first kappa shape index (κ1) is 15.2. The lowest BCUT2D eigenvalue weighted by molar-refractivity contribution is -0.116. The molecule has 1 aliphatic carbocycles. The van der Waals surface area contributed by atoms with Crippen LogP contribution in [-0.2, 0) is 16.0 Å². The fourth-order valence-corrected chi connectivity index (χ4v) is 3.11. The van der Waals surface area contributed by atoms with Gasteiger partial charge in [0, 0.05) is 24.5 Å². The van der Waals surface area contributed by atoms with E-state index in [1.165, 1.54) is 25.1 Å². The van der Waals surface area contributed by atoms with Crippen LogP contribution >= 0.6 is 0 Å². The Bertz CT molecular complexity index is 802. The highest BCUT2D eigenvalue weighted by Gasteiger charge is 2.47. The minimum Gasteiger partial charge on any atom is -0.504 e. The predicted octanol–water partition coefficient (Wildman–Crippen LogP) is 1.71. The Morgan fingerprint density at radius 1 is 1.35 bits per heavy atom. The van der Waals surface area contributed by atoms with Gasteiger partial charge in [-0.25, -0.2) is 0 Å². The third-order valence-corrected chi connectivity index (χ3v) is 4.14. The molecule has 1 aromatic carbocycles. The molecule has 0 saturated heterocycles. The van der Waals surface area contributed by atoms with Gasteiger partial charge in [-0.3, -0.25) is 4.79 Å². The Kier molecular flexibility index (Phi) is 3.23. The summed E-state index contributed by atoms with van der Waals surface area (Å²) in [5.74, 6) is -1.78. The SMILES string of the molecule is C=CC1=C2c3cc(O)c(O)cc3CC2(O)COC1=C(O)C(C)=O. The summed E-state index contributed by atoms with van der Waals surface area (Å²) in [6.07, 6.45) is 1.56. The molecule has 3 rings (SSSR count). The van der Waals surface area contributed by atoms with E-state index in [4.69, 9.17) is 4.74 Å². The Balaban J connectivity index is 2.33. The molecule has 6 heteroatoms. The van der Waals surface area contributed by atoms with Crippen molar-refractivity contribution in [3.8, 4) is 11.5 Å². The molecule has 2 aliphatic rings. The quantitative estimate of drug-likeness (QED) is 0.376. The lowest BCUT2D eigenvalue weighted by Gasteiger charge is -2.33. The molecule has 23 heavy (non-hydrogen) atoms. The molecule has 1 unspecified atom stereocenters. The first-order valence-electron chi connectivity index (χ1n) is 7.00. The molecular formula is C17H16O6. The van der Waals surface area contributed by atoms with E-state index in [2.05, 4.69) is 6.58 Å². The summed E-state index contributed by atoms with van der Waals surface area (Å²) in [5, 5.41) is 40.2. The normalized spacial score (nSPS) is 24.6. The first-order valence-corrected chi connectivity index (χ1v) is 7.00. The Hall–Kier alpha value is -2.73. The molecule has 0 spiro atoms. The zero-order valence-corrected chi connectivity index (χ0v) is 12.5.